The topological polar surface area (TPSA) is 38.4 Å². The van der Waals surface area contributed by atoms with Crippen LogP contribution in [0, 0.1) is 22.9 Å². The smallest absolute Gasteiger partial charge is 0.196 e. The van der Waals surface area contributed by atoms with E-state index in [-0.39, 0.29) is 11.5 Å². The minimum atomic E-state index is -1.54. The Labute approximate surface area is 92.0 Å². The highest BCUT2D eigenvalue weighted by molar-refractivity contribution is 5.87. The Morgan fingerprint density at radius 2 is 1.69 bits per heavy atom. The van der Waals surface area contributed by atoms with Gasteiger partial charge in [-0.3, -0.25) is 0 Å². The number of amidine groups is 1. The molecule has 1 aromatic carbocycles. The number of nitrogens with two attached hydrogens (primary N) is 1. The molecule has 0 amide bonds. The van der Waals surface area contributed by atoms with Crippen LogP contribution >= 0.6 is 0 Å². The lowest BCUT2D eigenvalue weighted by atomic mass is 9.95. The molecule has 1 aromatic rings. The Morgan fingerprint density at radius 3 is 2.19 bits per heavy atom. The highest BCUT2D eigenvalue weighted by Gasteiger charge is 2.18. The summed E-state index contributed by atoms with van der Waals surface area (Å²) < 4.78 is 38.7. The number of hydrogen-bond acceptors (Lipinski definition) is 1. The van der Waals surface area contributed by atoms with Crippen molar-refractivity contribution in [2.45, 2.75) is 20.8 Å². The van der Waals surface area contributed by atoms with Crippen LogP contribution in [0.4, 0.5) is 18.9 Å². The minimum absolute atomic E-state index is 0.150. The van der Waals surface area contributed by atoms with Crippen LogP contribution in [0.15, 0.2) is 17.1 Å². The van der Waals surface area contributed by atoms with Crippen LogP contribution < -0.4 is 5.73 Å². The Morgan fingerprint density at radius 1 is 1.12 bits per heavy atom. The second-order valence-corrected chi connectivity index (χ2v) is 4.44. The highest BCUT2D eigenvalue weighted by atomic mass is 19.2. The normalized spacial score (nSPS) is 13.0. The molecule has 0 aliphatic heterocycles. The molecule has 0 atom stereocenters. The standard InChI is InChI=1S/C11H13F3N2/c1-11(2,3)10(15)16-7-5-4-6(12)8(13)9(7)14/h4-5H,1-3H3,(H2,15,16). The first-order valence-corrected chi connectivity index (χ1v) is 4.71. The van der Waals surface area contributed by atoms with Gasteiger partial charge in [-0.15, -0.1) is 0 Å². The van der Waals surface area contributed by atoms with Crippen LogP contribution in [0.2, 0.25) is 0 Å². The van der Waals surface area contributed by atoms with Gasteiger partial charge < -0.3 is 5.73 Å². The van der Waals surface area contributed by atoms with Crippen molar-refractivity contribution in [1.29, 1.82) is 0 Å². The monoisotopic (exact) mass is 230 g/mol. The molecule has 0 radical (unpaired) electrons. The Balaban J connectivity index is 3.22. The van der Waals surface area contributed by atoms with E-state index >= 15 is 0 Å². The SMILES string of the molecule is CC(C)(C)C(N)=Nc1ccc(F)c(F)c1F. The highest BCUT2D eigenvalue weighted by Crippen LogP contribution is 2.24. The first kappa shape index (κ1) is 12.5. The summed E-state index contributed by atoms with van der Waals surface area (Å²) in [6, 6.07) is 1.86. The van der Waals surface area contributed by atoms with Crippen LogP contribution in [-0.4, -0.2) is 5.84 Å². The third-order valence-electron chi connectivity index (χ3n) is 2.02. The number of aliphatic imine (C=N–C) groups is 1. The maximum atomic E-state index is 13.2. The molecule has 88 valence electrons. The molecule has 0 heterocycles. The predicted molar refractivity (Wildman–Crippen MR) is 57.1 cm³/mol. The first-order chi connectivity index (χ1) is 7.23. The maximum Gasteiger partial charge on any atom is 0.196 e. The van der Waals surface area contributed by atoms with Crippen molar-refractivity contribution in [2.75, 3.05) is 0 Å². The van der Waals surface area contributed by atoms with Crippen molar-refractivity contribution >= 4 is 11.5 Å². The molecule has 0 saturated carbocycles. The lowest BCUT2D eigenvalue weighted by molar-refractivity contribution is 0.448. The summed E-state index contributed by atoms with van der Waals surface area (Å²) in [4.78, 5) is 3.74. The zero-order valence-electron chi connectivity index (χ0n) is 9.31. The number of halogens is 3. The fourth-order valence-electron chi connectivity index (χ4n) is 0.900. The van der Waals surface area contributed by atoms with Crippen LogP contribution in [0.3, 0.4) is 0 Å². The van der Waals surface area contributed by atoms with Gasteiger partial charge in [0.2, 0.25) is 0 Å². The maximum absolute atomic E-state index is 13.2. The average Bonchev–Trinajstić information content (AvgIpc) is 2.17. The molecule has 1 rings (SSSR count). The predicted octanol–water partition coefficient (Wildman–Crippen LogP) is 3.14. The summed E-state index contributed by atoms with van der Waals surface area (Å²) in [5.41, 5.74) is 4.85. The second kappa shape index (κ2) is 4.15. The largest absolute Gasteiger partial charge is 0.387 e. The number of nitrogens with zero attached hydrogens (tertiary/aromatic N) is 1. The van der Waals surface area contributed by atoms with Crippen molar-refractivity contribution in [1.82, 2.24) is 0 Å². The minimum Gasteiger partial charge on any atom is -0.387 e. The van der Waals surface area contributed by atoms with Gasteiger partial charge in [-0.2, -0.15) is 0 Å². The summed E-state index contributed by atoms with van der Waals surface area (Å²) in [6.45, 7) is 5.34. The van der Waals surface area contributed by atoms with E-state index in [1.165, 1.54) is 0 Å². The first-order valence-electron chi connectivity index (χ1n) is 4.71. The Bertz CT molecular complexity index is 434. The van der Waals surface area contributed by atoms with Crippen LogP contribution in [-0.2, 0) is 0 Å². The molecular formula is C11H13F3N2. The lowest BCUT2D eigenvalue weighted by Crippen LogP contribution is -2.28. The molecule has 0 aliphatic carbocycles. The molecule has 0 saturated heterocycles. The van der Waals surface area contributed by atoms with E-state index in [0.29, 0.717) is 0 Å². The molecule has 0 unspecified atom stereocenters. The van der Waals surface area contributed by atoms with Gasteiger partial charge in [-0.05, 0) is 12.1 Å². The van der Waals surface area contributed by atoms with E-state index in [2.05, 4.69) is 4.99 Å². The van der Waals surface area contributed by atoms with Crippen LogP contribution in [0.1, 0.15) is 20.8 Å². The Kier molecular flexibility index (Phi) is 3.26. The van der Waals surface area contributed by atoms with E-state index in [1.54, 1.807) is 20.8 Å². The van der Waals surface area contributed by atoms with Gasteiger partial charge >= 0.3 is 0 Å². The van der Waals surface area contributed by atoms with Gasteiger partial charge in [-0.1, -0.05) is 20.8 Å². The van der Waals surface area contributed by atoms with Gasteiger partial charge in [0.25, 0.3) is 0 Å². The molecule has 5 heteroatoms. The number of benzene rings is 1. The molecule has 0 spiro atoms. The molecule has 0 aliphatic rings. The van der Waals surface area contributed by atoms with Gasteiger partial charge in [0, 0.05) is 5.41 Å². The number of rotatable bonds is 1. The van der Waals surface area contributed by atoms with Gasteiger partial charge in [0.1, 0.15) is 11.5 Å². The summed E-state index contributed by atoms with van der Waals surface area (Å²) in [6.07, 6.45) is 0. The lowest BCUT2D eigenvalue weighted by Gasteiger charge is -2.17. The van der Waals surface area contributed by atoms with Crippen molar-refractivity contribution in [2.24, 2.45) is 16.1 Å². The van der Waals surface area contributed by atoms with E-state index in [4.69, 9.17) is 5.73 Å². The molecule has 0 aromatic heterocycles. The van der Waals surface area contributed by atoms with E-state index in [1.807, 2.05) is 0 Å². The molecule has 2 nitrogen and oxygen atoms in total. The Hall–Kier alpha value is -1.52. The van der Waals surface area contributed by atoms with Crippen molar-refractivity contribution in [3.63, 3.8) is 0 Å². The van der Waals surface area contributed by atoms with Crippen molar-refractivity contribution in [3.8, 4) is 0 Å². The fourth-order valence-corrected chi connectivity index (χ4v) is 0.900. The van der Waals surface area contributed by atoms with E-state index < -0.39 is 22.9 Å². The molecule has 2 N–H and O–H groups in total. The summed E-state index contributed by atoms with van der Waals surface area (Å²) in [7, 11) is 0. The zero-order chi connectivity index (χ0) is 12.5. The number of hydrogen-bond donors (Lipinski definition) is 1. The van der Waals surface area contributed by atoms with Crippen LogP contribution in [0.5, 0.6) is 0 Å². The second-order valence-electron chi connectivity index (χ2n) is 4.44. The van der Waals surface area contributed by atoms with Crippen molar-refractivity contribution < 1.29 is 13.2 Å². The average molecular weight is 230 g/mol. The van der Waals surface area contributed by atoms with Crippen LogP contribution in [0.25, 0.3) is 0 Å². The molecule has 0 bridgehead atoms. The van der Waals surface area contributed by atoms with Crippen molar-refractivity contribution in [3.05, 3.63) is 29.6 Å². The molecule has 0 fully saturated rings. The fraction of sp³-hybridized carbons (Fsp3) is 0.364. The van der Waals surface area contributed by atoms with Gasteiger partial charge in [0.05, 0.1) is 0 Å². The summed E-state index contributed by atoms with van der Waals surface area (Å²) >= 11 is 0. The molecular weight excluding hydrogens is 217 g/mol. The van der Waals surface area contributed by atoms with Gasteiger partial charge in [0.15, 0.2) is 17.5 Å². The van der Waals surface area contributed by atoms with E-state index in [0.717, 1.165) is 12.1 Å². The zero-order valence-corrected chi connectivity index (χ0v) is 9.31. The van der Waals surface area contributed by atoms with Gasteiger partial charge in [-0.25, -0.2) is 18.2 Å². The van der Waals surface area contributed by atoms with E-state index in [9.17, 15) is 13.2 Å². The third kappa shape index (κ3) is 2.53. The summed E-state index contributed by atoms with van der Waals surface area (Å²) in [5, 5.41) is 0. The summed E-state index contributed by atoms with van der Waals surface area (Å²) in [5.74, 6) is -3.96. The molecule has 16 heavy (non-hydrogen) atoms. The third-order valence-corrected chi connectivity index (χ3v) is 2.02. The quantitative estimate of drug-likeness (QED) is 0.449.